The molecule has 0 saturated heterocycles. The maximum Gasteiger partial charge on any atom is 0.228 e. The molecular weight excluding hydrogens is 312 g/mol. The molecule has 0 atom stereocenters. The molecule has 0 fully saturated rings. The van der Waals surface area contributed by atoms with Gasteiger partial charge in [-0.2, -0.15) is 0 Å². The van der Waals surface area contributed by atoms with Crippen molar-refractivity contribution in [2.24, 2.45) is 5.92 Å². The van der Waals surface area contributed by atoms with Crippen LogP contribution in [0.5, 0.6) is 0 Å². The summed E-state index contributed by atoms with van der Waals surface area (Å²) in [4.78, 5) is 12.4. The summed E-state index contributed by atoms with van der Waals surface area (Å²) in [5.74, 6) is 0.576. The van der Waals surface area contributed by atoms with Crippen LogP contribution >= 0.6 is 0 Å². The number of carbonyl (C=O) groups is 1. The minimum atomic E-state index is -0.0517. The zero-order valence-corrected chi connectivity index (χ0v) is 14.5. The highest BCUT2D eigenvalue weighted by atomic mass is 16.1. The summed E-state index contributed by atoms with van der Waals surface area (Å²) in [7, 11) is 0. The number of anilines is 1. The van der Waals surface area contributed by atoms with Gasteiger partial charge in [0.1, 0.15) is 0 Å². The van der Waals surface area contributed by atoms with E-state index in [0.29, 0.717) is 12.3 Å². The lowest BCUT2D eigenvalue weighted by Crippen LogP contribution is -2.16. The van der Waals surface area contributed by atoms with Crippen LogP contribution in [0.2, 0.25) is 0 Å². The van der Waals surface area contributed by atoms with Gasteiger partial charge in [-0.25, -0.2) is 4.68 Å². The van der Waals surface area contributed by atoms with Gasteiger partial charge in [-0.3, -0.25) is 4.79 Å². The Morgan fingerprint density at radius 2 is 1.80 bits per heavy atom. The van der Waals surface area contributed by atoms with Crippen LogP contribution in [0.25, 0.3) is 5.69 Å². The maximum atomic E-state index is 12.4. The van der Waals surface area contributed by atoms with Crippen LogP contribution in [-0.4, -0.2) is 20.9 Å². The molecule has 3 rings (SSSR count). The Kier molecular flexibility index (Phi) is 5.23. The molecule has 5 heteroatoms. The molecule has 3 aromatic rings. The number of benzene rings is 2. The van der Waals surface area contributed by atoms with Gasteiger partial charge in [0.25, 0.3) is 0 Å². The Morgan fingerprint density at radius 1 is 1.08 bits per heavy atom. The quantitative estimate of drug-likeness (QED) is 0.748. The minimum absolute atomic E-state index is 0.0517. The highest BCUT2D eigenvalue weighted by molar-refractivity contribution is 5.94. The number of para-hydroxylation sites is 2. The van der Waals surface area contributed by atoms with Gasteiger partial charge < -0.3 is 5.32 Å². The normalized spacial score (nSPS) is 10.8. The van der Waals surface area contributed by atoms with Crippen molar-refractivity contribution in [1.29, 1.82) is 0 Å². The molecule has 0 aliphatic rings. The molecule has 0 aliphatic carbocycles. The molecule has 0 spiro atoms. The van der Waals surface area contributed by atoms with E-state index in [0.717, 1.165) is 23.4 Å². The Balaban J connectivity index is 1.67. The monoisotopic (exact) mass is 334 g/mol. The van der Waals surface area contributed by atoms with Crippen molar-refractivity contribution in [3.63, 3.8) is 0 Å². The largest absolute Gasteiger partial charge is 0.324 e. The first-order valence-electron chi connectivity index (χ1n) is 8.45. The fourth-order valence-electron chi connectivity index (χ4n) is 2.76. The van der Waals surface area contributed by atoms with E-state index in [1.165, 1.54) is 5.56 Å². The highest BCUT2D eigenvalue weighted by Crippen LogP contribution is 2.19. The number of nitrogens with zero attached hydrogens (tertiary/aromatic N) is 3. The van der Waals surface area contributed by atoms with Crippen molar-refractivity contribution < 1.29 is 4.79 Å². The molecule has 0 bridgehead atoms. The first kappa shape index (κ1) is 16.9. The third kappa shape index (κ3) is 4.53. The molecule has 0 saturated carbocycles. The van der Waals surface area contributed by atoms with Crippen molar-refractivity contribution in [3.8, 4) is 5.69 Å². The summed E-state index contributed by atoms with van der Waals surface area (Å²) in [6.45, 7) is 4.40. The van der Waals surface area contributed by atoms with Crippen LogP contribution < -0.4 is 5.32 Å². The average molecular weight is 334 g/mol. The average Bonchev–Trinajstić information content (AvgIpc) is 3.11. The van der Waals surface area contributed by atoms with Crippen LogP contribution in [0.3, 0.4) is 0 Å². The van der Waals surface area contributed by atoms with Gasteiger partial charge in [-0.05, 0) is 35.6 Å². The van der Waals surface area contributed by atoms with Gasteiger partial charge in [0.05, 0.1) is 30.2 Å². The summed E-state index contributed by atoms with van der Waals surface area (Å²) in [6.07, 6.45) is 4.75. The maximum absolute atomic E-state index is 12.4. The third-order valence-corrected chi connectivity index (χ3v) is 3.88. The molecular formula is C20H22N4O. The van der Waals surface area contributed by atoms with Crippen LogP contribution in [0.4, 0.5) is 5.69 Å². The lowest BCUT2D eigenvalue weighted by Gasteiger charge is -2.11. The smallest absolute Gasteiger partial charge is 0.228 e. The second kappa shape index (κ2) is 7.75. The number of carbonyl (C=O) groups excluding carboxylic acids is 1. The Hall–Kier alpha value is -2.95. The lowest BCUT2D eigenvalue weighted by atomic mass is 10.0. The predicted octanol–water partition coefficient (Wildman–Crippen LogP) is 3.65. The van der Waals surface area contributed by atoms with E-state index in [1.807, 2.05) is 36.4 Å². The minimum Gasteiger partial charge on any atom is -0.324 e. The number of hydrogen-bond acceptors (Lipinski definition) is 3. The second-order valence-corrected chi connectivity index (χ2v) is 6.50. The van der Waals surface area contributed by atoms with Gasteiger partial charge >= 0.3 is 0 Å². The molecule has 0 radical (unpaired) electrons. The fourth-order valence-corrected chi connectivity index (χ4v) is 2.76. The molecule has 25 heavy (non-hydrogen) atoms. The standard InChI is InChI=1S/C20H22N4O/c1-15(2)13-16-7-9-17(10-8-16)14-20(25)22-18-5-3-4-6-19(18)24-12-11-21-23-24/h3-12,15H,13-14H2,1-2H3,(H,22,25). The van der Waals surface area contributed by atoms with Crippen LogP contribution in [0, 0.1) is 5.92 Å². The SMILES string of the molecule is CC(C)Cc1ccc(CC(=O)Nc2ccccc2-n2ccnn2)cc1. The Labute approximate surface area is 147 Å². The van der Waals surface area contributed by atoms with Crippen LogP contribution in [0.15, 0.2) is 60.9 Å². The molecule has 1 amide bonds. The molecule has 1 aromatic heterocycles. The molecule has 5 nitrogen and oxygen atoms in total. The van der Waals surface area contributed by atoms with E-state index in [-0.39, 0.29) is 5.91 Å². The second-order valence-electron chi connectivity index (χ2n) is 6.50. The van der Waals surface area contributed by atoms with Crippen LogP contribution in [0.1, 0.15) is 25.0 Å². The van der Waals surface area contributed by atoms with E-state index < -0.39 is 0 Å². The zero-order valence-electron chi connectivity index (χ0n) is 14.5. The number of hydrogen-bond donors (Lipinski definition) is 1. The Bertz CT molecular complexity index is 823. The van der Waals surface area contributed by atoms with E-state index in [4.69, 9.17) is 0 Å². The number of rotatable bonds is 6. The topological polar surface area (TPSA) is 59.8 Å². The molecule has 0 aliphatic heterocycles. The van der Waals surface area contributed by atoms with Crippen molar-refractivity contribution in [1.82, 2.24) is 15.0 Å². The summed E-state index contributed by atoms with van der Waals surface area (Å²) in [5, 5.41) is 10.8. The predicted molar refractivity (Wildman–Crippen MR) is 98.7 cm³/mol. The van der Waals surface area contributed by atoms with Crippen LogP contribution in [-0.2, 0) is 17.6 Å². The zero-order chi connectivity index (χ0) is 17.6. The third-order valence-electron chi connectivity index (χ3n) is 3.88. The van der Waals surface area contributed by atoms with E-state index in [2.05, 4.69) is 41.6 Å². The van der Waals surface area contributed by atoms with Crippen molar-refractivity contribution >= 4 is 11.6 Å². The summed E-state index contributed by atoms with van der Waals surface area (Å²) in [5.41, 5.74) is 3.81. The molecule has 2 aromatic carbocycles. The van der Waals surface area contributed by atoms with Gasteiger partial charge in [0.15, 0.2) is 0 Å². The summed E-state index contributed by atoms with van der Waals surface area (Å²) >= 11 is 0. The fraction of sp³-hybridized carbons (Fsp3) is 0.250. The van der Waals surface area contributed by atoms with Gasteiger partial charge in [-0.1, -0.05) is 55.5 Å². The van der Waals surface area contributed by atoms with Gasteiger partial charge in [0, 0.05) is 0 Å². The van der Waals surface area contributed by atoms with Gasteiger partial charge in [0.2, 0.25) is 5.91 Å². The van der Waals surface area contributed by atoms with E-state index >= 15 is 0 Å². The first-order valence-corrected chi connectivity index (χ1v) is 8.45. The molecule has 1 N–H and O–H groups in total. The summed E-state index contributed by atoms with van der Waals surface area (Å²) < 4.78 is 1.64. The first-order chi connectivity index (χ1) is 12.1. The lowest BCUT2D eigenvalue weighted by molar-refractivity contribution is -0.115. The van der Waals surface area contributed by atoms with Crippen molar-refractivity contribution in [2.75, 3.05) is 5.32 Å². The molecule has 0 unspecified atom stereocenters. The summed E-state index contributed by atoms with van der Waals surface area (Å²) in [6, 6.07) is 15.8. The van der Waals surface area contributed by atoms with Gasteiger partial charge in [-0.15, -0.1) is 5.10 Å². The molecule has 128 valence electrons. The number of amides is 1. The van der Waals surface area contributed by atoms with Crippen molar-refractivity contribution in [2.45, 2.75) is 26.7 Å². The number of aromatic nitrogens is 3. The molecule has 1 heterocycles. The van der Waals surface area contributed by atoms with Crippen molar-refractivity contribution in [3.05, 3.63) is 72.1 Å². The van der Waals surface area contributed by atoms with E-state index in [1.54, 1.807) is 17.1 Å². The number of nitrogens with one attached hydrogen (secondary N) is 1. The van der Waals surface area contributed by atoms with E-state index in [9.17, 15) is 4.79 Å². The Morgan fingerprint density at radius 3 is 2.48 bits per heavy atom. The highest BCUT2D eigenvalue weighted by Gasteiger charge is 2.09.